The molecule has 0 unspecified atom stereocenters. The minimum absolute atomic E-state index is 0.469. The second-order valence-corrected chi connectivity index (χ2v) is 9.74. The van der Waals surface area contributed by atoms with Crippen LogP contribution in [0.25, 0.3) is 10.6 Å². The molecule has 156 valence electrons. The molecule has 30 heavy (non-hydrogen) atoms. The first-order valence-corrected chi connectivity index (χ1v) is 12.2. The van der Waals surface area contributed by atoms with Crippen LogP contribution in [-0.4, -0.2) is 29.4 Å². The highest BCUT2D eigenvalue weighted by molar-refractivity contribution is 7.80. The van der Waals surface area contributed by atoms with Gasteiger partial charge in [-0.05, 0) is 68.4 Å². The molecule has 4 rings (SSSR count). The first-order chi connectivity index (χ1) is 14.6. The largest absolute Gasteiger partial charge is 0.348 e. The van der Waals surface area contributed by atoms with Crippen molar-refractivity contribution in [2.45, 2.75) is 33.1 Å². The molecule has 1 fully saturated rings. The molecule has 0 bridgehead atoms. The van der Waals surface area contributed by atoms with Gasteiger partial charge in [0.15, 0.2) is 10.2 Å². The molecule has 2 aromatic heterocycles. The van der Waals surface area contributed by atoms with Gasteiger partial charge in [0.1, 0.15) is 5.69 Å². The van der Waals surface area contributed by atoms with E-state index in [-0.39, 0.29) is 0 Å². The van der Waals surface area contributed by atoms with E-state index in [0.29, 0.717) is 5.11 Å². The van der Waals surface area contributed by atoms with E-state index in [2.05, 4.69) is 64.2 Å². The van der Waals surface area contributed by atoms with Crippen LogP contribution in [0, 0.1) is 13.8 Å². The van der Waals surface area contributed by atoms with Gasteiger partial charge in [0.25, 0.3) is 0 Å². The third-order valence-corrected chi connectivity index (χ3v) is 7.12. The van der Waals surface area contributed by atoms with Gasteiger partial charge >= 0.3 is 0 Å². The number of hydrogen-bond acceptors (Lipinski definition) is 6. The molecule has 0 aliphatic carbocycles. The minimum atomic E-state index is 0.469. The summed E-state index contributed by atoms with van der Waals surface area (Å²) in [4.78, 5) is 9.54. The molecule has 3 heterocycles. The number of piperidine rings is 1. The number of benzene rings is 1. The van der Waals surface area contributed by atoms with Gasteiger partial charge in [-0.15, -0.1) is 11.3 Å². The number of hydrazone groups is 1. The van der Waals surface area contributed by atoms with E-state index in [9.17, 15) is 0 Å². The van der Waals surface area contributed by atoms with Crippen molar-refractivity contribution in [3.8, 4) is 10.6 Å². The average molecular weight is 456 g/mol. The highest BCUT2D eigenvalue weighted by atomic mass is 32.1. The molecule has 0 radical (unpaired) electrons. The molecule has 8 heteroatoms. The van der Waals surface area contributed by atoms with E-state index in [1.807, 2.05) is 12.3 Å². The summed E-state index contributed by atoms with van der Waals surface area (Å²) in [6, 6.07) is 10.4. The summed E-state index contributed by atoms with van der Waals surface area (Å²) in [5.41, 5.74) is 7.30. The van der Waals surface area contributed by atoms with Gasteiger partial charge < -0.3 is 10.2 Å². The summed E-state index contributed by atoms with van der Waals surface area (Å²) >= 11 is 8.80. The lowest BCUT2D eigenvalue weighted by Crippen LogP contribution is -2.29. The van der Waals surface area contributed by atoms with Crippen molar-refractivity contribution >= 4 is 57.0 Å². The number of aryl methyl sites for hydroxylation is 2. The van der Waals surface area contributed by atoms with Crippen molar-refractivity contribution in [1.29, 1.82) is 0 Å². The molecule has 1 saturated heterocycles. The second-order valence-electron chi connectivity index (χ2n) is 7.38. The monoisotopic (exact) mass is 455 g/mol. The Balaban J connectivity index is 1.47. The highest BCUT2D eigenvalue weighted by Gasteiger charge is 2.19. The first-order valence-electron chi connectivity index (χ1n) is 10.1. The van der Waals surface area contributed by atoms with Crippen molar-refractivity contribution in [3.05, 3.63) is 51.7 Å². The Hall–Kier alpha value is -2.29. The van der Waals surface area contributed by atoms with Crippen LogP contribution in [0.2, 0.25) is 0 Å². The van der Waals surface area contributed by atoms with Crippen LogP contribution in [0.1, 0.15) is 35.3 Å². The van der Waals surface area contributed by atoms with Gasteiger partial charge in [0, 0.05) is 18.8 Å². The van der Waals surface area contributed by atoms with Crippen LogP contribution in [0.5, 0.6) is 0 Å². The Kier molecular flexibility index (Phi) is 6.76. The number of hydrogen-bond donors (Lipinski definition) is 2. The normalized spacial score (nSPS) is 14.3. The predicted molar refractivity (Wildman–Crippen MR) is 134 cm³/mol. The average Bonchev–Trinajstić information content (AvgIpc) is 3.41. The Bertz CT molecular complexity index is 1030. The van der Waals surface area contributed by atoms with E-state index in [1.54, 1.807) is 22.7 Å². The zero-order valence-corrected chi connectivity index (χ0v) is 19.6. The van der Waals surface area contributed by atoms with E-state index < -0.39 is 0 Å². The molecule has 1 aliphatic heterocycles. The van der Waals surface area contributed by atoms with Crippen molar-refractivity contribution in [1.82, 2.24) is 10.4 Å². The topological polar surface area (TPSA) is 52.6 Å². The van der Waals surface area contributed by atoms with E-state index >= 15 is 0 Å². The second kappa shape index (κ2) is 9.68. The van der Waals surface area contributed by atoms with Crippen LogP contribution in [-0.2, 0) is 0 Å². The Labute approximate surface area is 190 Å². The van der Waals surface area contributed by atoms with Crippen LogP contribution in [0.3, 0.4) is 0 Å². The summed E-state index contributed by atoms with van der Waals surface area (Å²) in [7, 11) is 0. The summed E-state index contributed by atoms with van der Waals surface area (Å²) in [5.74, 6) is 0. The minimum Gasteiger partial charge on any atom is -0.348 e. The third-order valence-electron chi connectivity index (χ3n) is 5.00. The van der Waals surface area contributed by atoms with Gasteiger partial charge in [-0.1, -0.05) is 35.1 Å². The number of nitrogens with one attached hydrogen (secondary N) is 2. The standard InChI is InChI=1S/C22H25N5S3/c1-15-8-9-17(16(2)13-15)24-21(28)26-23-14-19-20(18-7-6-12-29-18)25-22(30-19)27-10-4-3-5-11-27/h6-9,12-14H,3-5,10-11H2,1-2H3,(H2,24,26,28)/b23-14-. The molecule has 0 spiro atoms. The summed E-state index contributed by atoms with van der Waals surface area (Å²) in [6.45, 7) is 6.30. The number of rotatable bonds is 5. The smallest absolute Gasteiger partial charge is 0.191 e. The van der Waals surface area contributed by atoms with Crippen LogP contribution >= 0.6 is 34.9 Å². The number of thiocarbonyl (C=S) groups is 1. The number of aromatic nitrogens is 1. The van der Waals surface area contributed by atoms with Gasteiger partial charge in [0.2, 0.25) is 0 Å². The van der Waals surface area contributed by atoms with E-state index in [0.717, 1.165) is 44.9 Å². The molecule has 0 saturated carbocycles. The molecule has 1 aromatic carbocycles. The lowest BCUT2D eigenvalue weighted by atomic mass is 10.1. The fourth-order valence-corrected chi connectivity index (χ4v) is 5.43. The van der Waals surface area contributed by atoms with Crippen LogP contribution in [0.4, 0.5) is 10.8 Å². The Morgan fingerprint density at radius 2 is 2.03 bits per heavy atom. The highest BCUT2D eigenvalue weighted by Crippen LogP contribution is 2.35. The van der Waals surface area contributed by atoms with Crippen molar-refractivity contribution in [2.24, 2.45) is 5.10 Å². The molecule has 0 amide bonds. The maximum atomic E-state index is 5.41. The fourth-order valence-electron chi connectivity index (χ4n) is 3.47. The van der Waals surface area contributed by atoms with Gasteiger partial charge in [-0.3, -0.25) is 5.43 Å². The van der Waals surface area contributed by atoms with Gasteiger partial charge in [-0.25, -0.2) is 4.98 Å². The van der Waals surface area contributed by atoms with Crippen molar-refractivity contribution in [3.63, 3.8) is 0 Å². The van der Waals surface area contributed by atoms with Crippen LogP contribution in [0.15, 0.2) is 40.8 Å². The van der Waals surface area contributed by atoms with Gasteiger partial charge in [0.05, 0.1) is 16.0 Å². The molecular weight excluding hydrogens is 430 g/mol. The first kappa shape index (κ1) is 21.0. The van der Waals surface area contributed by atoms with Gasteiger partial charge in [-0.2, -0.15) is 5.10 Å². The SMILES string of the molecule is Cc1ccc(NC(=S)N/N=C\c2sc(N3CCCCC3)nc2-c2cccs2)c(C)c1. The quantitative estimate of drug-likeness (QED) is 0.289. The Morgan fingerprint density at radius 1 is 1.20 bits per heavy atom. The third kappa shape index (κ3) is 5.06. The number of nitrogens with zero attached hydrogens (tertiary/aromatic N) is 3. The number of anilines is 2. The summed E-state index contributed by atoms with van der Waals surface area (Å²) < 4.78 is 0. The maximum absolute atomic E-state index is 5.41. The predicted octanol–water partition coefficient (Wildman–Crippen LogP) is 5.80. The molecule has 0 atom stereocenters. The zero-order chi connectivity index (χ0) is 20.9. The number of thiazole rings is 1. The summed E-state index contributed by atoms with van der Waals surface area (Å²) in [6.07, 6.45) is 5.60. The Morgan fingerprint density at radius 3 is 2.77 bits per heavy atom. The van der Waals surface area contributed by atoms with Crippen molar-refractivity contribution in [2.75, 3.05) is 23.3 Å². The number of thiophene rings is 1. The maximum Gasteiger partial charge on any atom is 0.191 e. The molecular formula is C22H25N5S3. The molecule has 3 aromatic rings. The van der Waals surface area contributed by atoms with Crippen LogP contribution < -0.4 is 15.6 Å². The van der Waals surface area contributed by atoms with Crippen molar-refractivity contribution < 1.29 is 0 Å². The fraction of sp³-hybridized carbons (Fsp3) is 0.318. The summed E-state index contributed by atoms with van der Waals surface area (Å²) in [5, 5.41) is 11.2. The molecule has 5 nitrogen and oxygen atoms in total. The van der Waals surface area contributed by atoms with E-state index in [4.69, 9.17) is 17.2 Å². The van der Waals surface area contributed by atoms with E-state index in [1.165, 1.54) is 24.8 Å². The lowest BCUT2D eigenvalue weighted by Gasteiger charge is -2.25. The molecule has 1 aliphatic rings. The lowest BCUT2D eigenvalue weighted by molar-refractivity contribution is 0.577. The zero-order valence-electron chi connectivity index (χ0n) is 17.1. The molecule has 2 N–H and O–H groups in total.